The number of nitrogens with zero attached hydrogens (tertiary/aromatic N) is 2. The molecule has 1 saturated heterocycles. The zero-order chi connectivity index (χ0) is 16.8. The standard InChI is InChI=1S/C11H16N2O2/c1-3-10-8(6-15-11(10)14)4-9-5-12-7-13(9)2/h5,7-8,10H,3-4,6H2,1-2H3/t8-,10-/m0/s1/i1D3,2D3,10D. The van der Waals surface area contributed by atoms with E-state index in [1.165, 1.54) is 6.20 Å². The van der Waals surface area contributed by atoms with Crippen LogP contribution >= 0.6 is 0 Å². The highest BCUT2D eigenvalue weighted by molar-refractivity contribution is 5.74. The van der Waals surface area contributed by atoms with Crippen molar-refractivity contribution in [2.45, 2.75) is 19.7 Å². The Morgan fingerprint density at radius 2 is 2.80 bits per heavy atom. The Bertz CT molecular complexity index is 566. The van der Waals surface area contributed by atoms with E-state index in [-0.39, 0.29) is 13.0 Å². The number of carbonyl (C=O) groups is 1. The second kappa shape index (κ2) is 4.04. The number of aromatic nitrogens is 2. The molecule has 0 saturated carbocycles. The van der Waals surface area contributed by atoms with Crippen LogP contribution in [0, 0.1) is 11.8 Å². The molecule has 0 radical (unpaired) electrons. The van der Waals surface area contributed by atoms with Crippen molar-refractivity contribution in [1.82, 2.24) is 9.55 Å². The summed E-state index contributed by atoms with van der Waals surface area (Å²) in [5.74, 6) is -3.53. The summed E-state index contributed by atoms with van der Waals surface area (Å²) in [7, 11) is 0. The molecule has 0 unspecified atom stereocenters. The first-order valence-corrected chi connectivity index (χ1v) is 4.62. The summed E-state index contributed by atoms with van der Waals surface area (Å²) < 4.78 is 58.2. The van der Waals surface area contributed by atoms with Crippen molar-refractivity contribution < 1.29 is 19.1 Å². The van der Waals surface area contributed by atoms with Gasteiger partial charge in [0, 0.05) is 34.4 Å². The van der Waals surface area contributed by atoms with Crippen molar-refractivity contribution in [2.24, 2.45) is 18.8 Å². The van der Waals surface area contributed by atoms with Gasteiger partial charge in [-0.1, -0.05) is 6.85 Å². The first-order valence-electron chi connectivity index (χ1n) is 8.12. The molecule has 1 aromatic heterocycles. The molecule has 0 aromatic carbocycles. The number of imidazole rings is 1. The van der Waals surface area contributed by atoms with Crippen LogP contribution in [-0.4, -0.2) is 22.1 Å². The van der Waals surface area contributed by atoms with E-state index < -0.39 is 38.0 Å². The molecule has 0 aliphatic carbocycles. The van der Waals surface area contributed by atoms with Gasteiger partial charge in [0.05, 0.1) is 18.8 Å². The van der Waals surface area contributed by atoms with Gasteiger partial charge in [0.15, 0.2) is 0 Å². The van der Waals surface area contributed by atoms with Crippen LogP contribution < -0.4 is 0 Å². The van der Waals surface area contributed by atoms with Gasteiger partial charge in [-0.2, -0.15) is 0 Å². The molecular formula is C11H16N2O2. The monoisotopic (exact) mass is 215 g/mol. The first kappa shape index (κ1) is 4.68. The van der Waals surface area contributed by atoms with Crippen molar-refractivity contribution in [3.8, 4) is 0 Å². The summed E-state index contributed by atoms with van der Waals surface area (Å²) in [6.07, 6.45) is 1.88. The lowest BCUT2D eigenvalue weighted by Crippen LogP contribution is -2.18. The maximum atomic E-state index is 11.8. The number of aryl methyl sites for hydroxylation is 1. The van der Waals surface area contributed by atoms with E-state index in [9.17, 15) is 4.79 Å². The zero-order valence-electron chi connectivity index (χ0n) is 15.1. The highest BCUT2D eigenvalue weighted by Crippen LogP contribution is 2.27. The summed E-state index contributed by atoms with van der Waals surface area (Å²) in [5.41, 5.74) is 0.311. The summed E-state index contributed by atoms with van der Waals surface area (Å²) in [5, 5.41) is 0. The quantitative estimate of drug-likeness (QED) is 0.711. The Morgan fingerprint density at radius 1 is 1.87 bits per heavy atom. The molecule has 1 aliphatic rings. The smallest absolute Gasteiger partial charge is 0.309 e. The van der Waals surface area contributed by atoms with Crippen LogP contribution in [0.5, 0.6) is 0 Å². The fourth-order valence-corrected chi connectivity index (χ4v) is 1.66. The number of hydrogen-bond donors (Lipinski definition) is 0. The second-order valence-electron chi connectivity index (χ2n) is 3.46. The number of carbonyl (C=O) groups excluding carboxylic acids is 1. The fraction of sp³-hybridized carbons (Fsp3) is 0.636. The van der Waals surface area contributed by atoms with Gasteiger partial charge in [0.1, 0.15) is 0 Å². The summed E-state index contributed by atoms with van der Waals surface area (Å²) >= 11 is 0. The number of rotatable bonds is 3. The van der Waals surface area contributed by atoms with Crippen molar-refractivity contribution >= 4 is 5.97 Å². The van der Waals surface area contributed by atoms with E-state index in [4.69, 9.17) is 14.3 Å². The van der Waals surface area contributed by atoms with Crippen molar-refractivity contribution in [3.63, 3.8) is 0 Å². The fourth-order valence-electron chi connectivity index (χ4n) is 1.66. The van der Waals surface area contributed by atoms with Crippen LogP contribution in [0.4, 0.5) is 0 Å². The van der Waals surface area contributed by atoms with E-state index in [2.05, 4.69) is 4.98 Å². The number of cyclic esters (lactones) is 1. The van der Waals surface area contributed by atoms with Crippen LogP contribution in [0.15, 0.2) is 12.5 Å². The Kier molecular flexibility index (Phi) is 1.26. The third-order valence-corrected chi connectivity index (χ3v) is 2.53. The van der Waals surface area contributed by atoms with E-state index >= 15 is 0 Å². The van der Waals surface area contributed by atoms with Gasteiger partial charge in [-0.25, -0.2) is 4.98 Å². The third-order valence-electron chi connectivity index (χ3n) is 2.53. The van der Waals surface area contributed by atoms with Gasteiger partial charge in [-0.05, 0) is 12.8 Å². The van der Waals surface area contributed by atoms with Crippen molar-refractivity contribution in [2.75, 3.05) is 6.61 Å². The highest BCUT2D eigenvalue weighted by atomic mass is 16.5. The van der Waals surface area contributed by atoms with Gasteiger partial charge in [-0.3, -0.25) is 4.79 Å². The van der Waals surface area contributed by atoms with E-state index in [0.717, 1.165) is 10.9 Å². The van der Waals surface area contributed by atoms with E-state index in [1.54, 1.807) is 0 Å². The van der Waals surface area contributed by atoms with Crippen molar-refractivity contribution in [3.05, 3.63) is 18.2 Å². The Morgan fingerprint density at radius 3 is 3.60 bits per heavy atom. The van der Waals surface area contributed by atoms with Gasteiger partial charge in [0.2, 0.25) is 0 Å². The van der Waals surface area contributed by atoms with Crippen molar-refractivity contribution in [1.29, 1.82) is 0 Å². The molecule has 1 aromatic rings. The average molecular weight is 215 g/mol. The van der Waals surface area contributed by atoms with Crippen LogP contribution in [-0.2, 0) is 22.9 Å². The van der Waals surface area contributed by atoms with Gasteiger partial charge >= 0.3 is 5.97 Å². The summed E-state index contributed by atoms with van der Waals surface area (Å²) in [4.78, 5) is 15.6. The second-order valence-corrected chi connectivity index (χ2v) is 3.46. The molecule has 0 spiro atoms. The molecule has 4 nitrogen and oxygen atoms in total. The Hall–Kier alpha value is -1.32. The van der Waals surface area contributed by atoms with Crippen LogP contribution in [0.25, 0.3) is 0 Å². The molecule has 0 amide bonds. The molecule has 82 valence electrons. The Labute approximate surface area is 99.1 Å². The minimum atomic E-state index is -2.45. The molecule has 1 aliphatic heterocycles. The van der Waals surface area contributed by atoms with E-state index in [1.807, 2.05) is 0 Å². The molecule has 0 N–H and O–H groups in total. The first-order chi connectivity index (χ1) is 9.93. The lowest BCUT2D eigenvalue weighted by Gasteiger charge is -2.12. The zero-order valence-corrected chi connectivity index (χ0v) is 8.06. The van der Waals surface area contributed by atoms with Gasteiger partial charge in [-0.15, -0.1) is 0 Å². The minimum Gasteiger partial charge on any atom is -0.465 e. The molecule has 0 bridgehead atoms. The number of hydrogen-bond acceptors (Lipinski definition) is 3. The molecular weight excluding hydrogens is 192 g/mol. The Balaban J connectivity index is 2.26. The average Bonchev–Trinajstić information content (AvgIpc) is 2.87. The number of ether oxygens (including phenoxy) is 1. The maximum Gasteiger partial charge on any atom is 0.309 e. The molecule has 15 heavy (non-hydrogen) atoms. The topological polar surface area (TPSA) is 44.1 Å². The summed E-state index contributed by atoms with van der Waals surface area (Å²) in [6.45, 7) is -4.98. The van der Waals surface area contributed by atoms with Crippen LogP contribution in [0.3, 0.4) is 0 Å². The maximum absolute atomic E-state index is 11.8. The molecule has 2 atom stereocenters. The normalized spacial score (nSPS) is 39.1. The predicted molar refractivity (Wildman–Crippen MR) is 55.1 cm³/mol. The predicted octanol–water partition coefficient (Wildman–Crippen LogP) is 1.16. The van der Waals surface area contributed by atoms with Gasteiger partial charge < -0.3 is 9.30 Å². The van der Waals surface area contributed by atoms with Crippen LogP contribution in [0.1, 0.15) is 28.6 Å². The van der Waals surface area contributed by atoms with E-state index in [0.29, 0.717) is 5.69 Å². The lowest BCUT2D eigenvalue weighted by atomic mass is 9.89. The highest BCUT2D eigenvalue weighted by Gasteiger charge is 2.35. The van der Waals surface area contributed by atoms with Gasteiger partial charge in [0.25, 0.3) is 0 Å². The molecule has 1 fully saturated rings. The third kappa shape index (κ3) is 1.89. The summed E-state index contributed by atoms with van der Waals surface area (Å²) in [6, 6.07) is 0. The molecule has 2 rings (SSSR count). The SMILES string of the molecule is [2H]C([2H])([2H])C[C@]1([2H])C(=O)OC[C@@H]1Cc1cncn1C([2H])([2H])[2H]. The number of esters is 1. The molecule has 4 heteroatoms. The van der Waals surface area contributed by atoms with Crippen LogP contribution in [0.2, 0.25) is 0 Å². The lowest BCUT2D eigenvalue weighted by molar-refractivity contribution is -0.141. The minimum absolute atomic E-state index is 0.0315. The largest absolute Gasteiger partial charge is 0.465 e. The molecule has 2 heterocycles.